The number of nitrogens with one attached hydrogen (secondary N) is 2. The van der Waals surface area contributed by atoms with Gasteiger partial charge < -0.3 is 10.6 Å². The van der Waals surface area contributed by atoms with Crippen molar-refractivity contribution < 1.29 is 13.2 Å². The van der Waals surface area contributed by atoms with Crippen LogP contribution in [0.2, 0.25) is 0 Å². The largest absolute Gasteiger partial charge is 0.416 e. The second-order valence-corrected chi connectivity index (χ2v) is 4.60. The van der Waals surface area contributed by atoms with Gasteiger partial charge >= 0.3 is 6.18 Å². The molecular formula is C13H19Cl2F3N2. The van der Waals surface area contributed by atoms with Gasteiger partial charge in [0.2, 0.25) is 0 Å². The molecular weight excluding hydrogens is 312 g/mol. The molecule has 0 spiro atoms. The van der Waals surface area contributed by atoms with Crippen LogP contribution in [0.1, 0.15) is 24.0 Å². The highest BCUT2D eigenvalue weighted by Crippen LogP contribution is 2.29. The summed E-state index contributed by atoms with van der Waals surface area (Å²) in [6.45, 7) is 2.64. The van der Waals surface area contributed by atoms with Crippen LogP contribution in [0.15, 0.2) is 24.3 Å². The van der Waals surface area contributed by atoms with Crippen LogP contribution in [0.4, 0.5) is 13.2 Å². The molecule has 0 saturated carbocycles. The van der Waals surface area contributed by atoms with E-state index in [-0.39, 0.29) is 24.8 Å². The molecule has 7 heteroatoms. The number of benzene rings is 1. The van der Waals surface area contributed by atoms with E-state index in [4.69, 9.17) is 0 Å². The first-order valence-electron chi connectivity index (χ1n) is 6.16. The molecule has 0 bridgehead atoms. The summed E-state index contributed by atoms with van der Waals surface area (Å²) in [5.41, 5.74) is 0.301. The predicted molar refractivity (Wildman–Crippen MR) is 78.7 cm³/mol. The number of halogens is 5. The van der Waals surface area contributed by atoms with Gasteiger partial charge in [-0.2, -0.15) is 13.2 Å². The average molecular weight is 331 g/mol. The molecule has 2 N–H and O–H groups in total. The molecule has 2 rings (SSSR count). The van der Waals surface area contributed by atoms with Gasteiger partial charge in [0.1, 0.15) is 0 Å². The Morgan fingerprint density at radius 3 is 2.10 bits per heavy atom. The van der Waals surface area contributed by atoms with Crippen molar-refractivity contribution in [2.24, 2.45) is 0 Å². The maximum Gasteiger partial charge on any atom is 0.416 e. The van der Waals surface area contributed by atoms with E-state index in [2.05, 4.69) is 10.6 Å². The maximum atomic E-state index is 12.4. The Labute approximate surface area is 129 Å². The molecule has 1 fully saturated rings. The summed E-state index contributed by atoms with van der Waals surface area (Å²) >= 11 is 0. The molecule has 20 heavy (non-hydrogen) atoms. The van der Waals surface area contributed by atoms with Gasteiger partial charge in [0, 0.05) is 12.6 Å². The van der Waals surface area contributed by atoms with Crippen molar-refractivity contribution in [1.29, 1.82) is 0 Å². The predicted octanol–water partition coefficient (Wildman–Crippen LogP) is 3.39. The average Bonchev–Trinajstić information content (AvgIpc) is 2.37. The molecule has 0 amide bonds. The highest BCUT2D eigenvalue weighted by atomic mass is 35.5. The van der Waals surface area contributed by atoms with E-state index in [1.54, 1.807) is 0 Å². The normalized spacial score (nSPS) is 16.1. The molecule has 0 unspecified atom stereocenters. The van der Waals surface area contributed by atoms with E-state index >= 15 is 0 Å². The maximum absolute atomic E-state index is 12.4. The molecule has 1 saturated heterocycles. The SMILES string of the molecule is Cl.Cl.FC(F)(F)c1ccc(CNC2CCNCC2)cc1. The molecule has 116 valence electrons. The van der Waals surface area contributed by atoms with Crippen LogP contribution in [0.3, 0.4) is 0 Å². The van der Waals surface area contributed by atoms with Crippen LogP contribution < -0.4 is 10.6 Å². The van der Waals surface area contributed by atoms with Crippen LogP contribution in [0.5, 0.6) is 0 Å². The Morgan fingerprint density at radius 2 is 1.60 bits per heavy atom. The lowest BCUT2D eigenvalue weighted by molar-refractivity contribution is -0.137. The van der Waals surface area contributed by atoms with Gasteiger partial charge in [-0.1, -0.05) is 12.1 Å². The van der Waals surface area contributed by atoms with Crippen molar-refractivity contribution in [1.82, 2.24) is 10.6 Å². The second-order valence-electron chi connectivity index (χ2n) is 4.60. The molecule has 0 aromatic heterocycles. The van der Waals surface area contributed by atoms with Crippen LogP contribution >= 0.6 is 24.8 Å². The minimum Gasteiger partial charge on any atom is -0.317 e. The fourth-order valence-electron chi connectivity index (χ4n) is 2.10. The highest BCUT2D eigenvalue weighted by molar-refractivity contribution is 5.85. The van der Waals surface area contributed by atoms with Crippen LogP contribution in [-0.2, 0) is 12.7 Å². The quantitative estimate of drug-likeness (QED) is 0.887. The minimum absolute atomic E-state index is 0. The van der Waals surface area contributed by atoms with Gasteiger partial charge in [-0.3, -0.25) is 0 Å². The Hall–Kier alpha value is -0.490. The van der Waals surface area contributed by atoms with Gasteiger partial charge in [-0.05, 0) is 43.6 Å². The van der Waals surface area contributed by atoms with Crippen molar-refractivity contribution >= 4 is 24.8 Å². The Morgan fingerprint density at radius 1 is 1.05 bits per heavy atom. The van der Waals surface area contributed by atoms with E-state index < -0.39 is 11.7 Å². The summed E-state index contributed by atoms with van der Waals surface area (Å²) in [5, 5.41) is 6.65. The van der Waals surface area contributed by atoms with E-state index in [0.717, 1.165) is 43.6 Å². The van der Waals surface area contributed by atoms with E-state index in [0.29, 0.717) is 12.6 Å². The van der Waals surface area contributed by atoms with Gasteiger partial charge in [0.15, 0.2) is 0 Å². The first-order valence-corrected chi connectivity index (χ1v) is 6.16. The van der Waals surface area contributed by atoms with Crippen molar-refractivity contribution in [2.75, 3.05) is 13.1 Å². The zero-order valence-corrected chi connectivity index (χ0v) is 12.5. The third kappa shape index (κ3) is 5.87. The lowest BCUT2D eigenvalue weighted by Crippen LogP contribution is -2.39. The Balaban J connectivity index is 0.00000180. The third-order valence-electron chi connectivity index (χ3n) is 3.22. The van der Waals surface area contributed by atoms with Crippen molar-refractivity contribution in [3.05, 3.63) is 35.4 Å². The molecule has 0 aliphatic carbocycles. The van der Waals surface area contributed by atoms with Gasteiger partial charge in [-0.15, -0.1) is 24.8 Å². The molecule has 0 radical (unpaired) electrons. The second kappa shape index (κ2) is 8.72. The van der Waals surface area contributed by atoms with Crippen molar-refractivity contribution in [3.8, 4) is 0 Å². The first kappa shape index (κ1) is 19.5. The number of hydrogen-bond acceptors (Lipinski definition) is 2. The van der Waals surface area contributed by atoms with Crippen molar-refractivity contribution in [3.63, 3.8) is 0 Å². The summed E-state index contributed by atoms with van der Waals surface area (Å²) in [4.78, 5) is 0. The summed E-state index contributed by atoms with van der Waals surface area (Å²) in [6, 6.07) is 5.82. The topological polar surface area (TPSA) is 24.1 Å². The fourth-order valence-corrected chi connectivity index (χ4v) is 2.10. The zero-order chi connectivity index (χ0) is 13.0. The van der Waals surface area contributed by atoms with E-state index in [1.165, 1.54) is 12.1 Å². The van der Waals surface area contributed by atoms with E-state index in [9.17, 15) is 13.2 Å². The number of piperidine rings is 1. The van der Waals surface area contributed by atoms with Gasteiger partial charge in [0.25, 0.3) is 0 Å². The summed E-state index contributed by atoms with van der Waals surface area (Å²) in [5.74, 6) is 0. The molecule has 1 aliphatic rings. The molecule has 1 heterocycles. The lowest BCUT2D eigenvalue weighted by Gasteiger charge is -2.23. The zero-order valence-electron chi connectivity index (χ0n) is 10.9. The molecule has 1 aliphatic heterocycles. The highest BCUT2D eigenvalue weighted by Gasteiger charge is 2.29. The Bertz CT molecular complexity index is 376. The number of rotatable bonds is 3. The lowest BCUT2D eigenvalue weighted by atomic mass is 10.1. The van der Waals surface area contributed by atoms with Gasteiger partial charge in [-0.25, -0.2) is 0 Å². The summed E-state index contributed by atoms with van der Waals surface area (Å²) in [7, 11) is 0. The smallest absolute Gasteiger partial charge is 0.317 e. The Kier molecular flexibility index (Phi) is 8.51. The monoisotopic (exact) mass is 330 g/mol. The van der Waals surface area contributed by atoms with Gasteiger partial charge in [0.05, 0.1) is 5.56 Å². The van der Waals surface area contributed by atoms with Crippen LogP contribution in [-0.4, -0.2) is 19.1 Å². The summed E-state index contributed by atoms with van der Waals surface area (Å²) in [6.07, 6.45) is -2.11. The fraction of sp³-hybridized carbons (Fsp3) is 0.538. The molecule has 2 nitrogen and oxygen atoms in total. The summed E-state index contributed by atoms with van der Waals surface area (Å²) < 4.78 is 37.1. The first-order chi connectivity index (χ1) is 8.55. The molecule has 0 atom stereocenters. The van der Waals surface area contributed by atoms with E-state index in [1.807, 2.05) is 0 Å². The molecule has 1 aromatic carbocycles. The molecule has 1 aromatic rings. The number of alkyl halides is 3. The minimum atomic E-state index is -4.25. The van der Waals surface area contributed by atoms with Crippen LogP contribution in [0.25, 0.3) is 0 Å². The van der Waals surface area contributed by atoms with Crippen LogP contribution in [0, 0.1) is 0 Å². The third-order valence-corrected chi connectivity index (χ3v) is 3.22. The van der Waals surface area contributed by atoms with Crippen molar-refractivity contribution in [2.45, 2.75) is 31.6 Å². The standard InChI is InChI=1S/C13H17F3N2.2ClH/c14-13(15,16)11-3-1-10(2-4-11)9-18-12-5-7-17-8-6-12;;/h1-4,12,17-18H,5-9H2;2*1H. The number of hydrogen-bond donors (Lipinski definition) is 2.